The van der Waals surface area contributed by atoms with E-state index in [2.05, 4.69) is 46.3 Å². The predicted molar refractivity (Wildman–Crippen MR) is 72.3 cm³/mol. The van der Waals surface area contributed by atoms with Gasteiger partial charge in [-0.2, -0.15) is 0 Å². The van der Waals surface area contributed by atoms with Crippen molar-refractivity contribution in [3.63, 3.8) is 0 Å². The molecule has 1 N–H and O–H groups in total. The monoisotopic (exact) mass is 243 g/mol. The summed E-state index contributed by atoms with van der Waals surface area (Å²) in [6, 6.07) is 12.8. The van der Waals surface area contributed by atoms with Crippen molar-refractivity contribution in [2.75, 3.05) is 6.61 Å². The van der Waals surface area contributed by atoms with Gasteiger partial charge in [0.1, 0.15) is 0 Å². The highest BCUT2D eigenvalue weighted by Gasteiger charge is 2.03. The van der Waals surface area contributed by atoms with Gasteiger partial charge in [-0.15, -0.1) is 11.3 Å². The number of aliphatic hydroxyl groups is 1. The molecule has 86 valence electrons. The van der Waals surface area contributed by atoms with Gasteiger partial charge in [0.25, 0.3) is 0 Å². The van der Waals surface area contributed by atoms with E-state index in [1.807, 2.05) is 6.20 Å². The zero-order valence-corrected chi connectivity index (χ0v) is 10.2. The molecule has 0 unspecified atom stereocenters. The number of nitrogens with zero attached hydrogens (tertiary/aromatic N) is 1. The lowest BCUT2D eigenvalue weighted by atomic mass is 10.1. The van der Waals surface area contributed by atoms with Crippen LogP contribution in [-0.2, 0) is 6.54 Å². The van der Waals surface area contributed by atoms with Crippen LogP contribution in [-0.4, -0.2) is 16.3 Å². The summed E-state index contributed by atoms with van der Waals surface area (Å²) in [4.78, 5) is 1.29. The highest BCUT2D eigenvalue weighted by Crippen LogP contribution is 2.28. The standard InChI is InChI=1S/C14H13NOS/c16-8-7-15-6-5-11-10-12(3-4-13(11)15)14-2-1-9-17-14/h1-6,9-10,16H,7-8H2. The highest BCUT2D eigenvalue weighted by molar-refractivity contribution is 7.13. The number of thiophene rings is 1. The first-order valence-corrected chi connectivity index (χ1v) is 6.50. The predicted octanol–water partition coefficient (Wildman–Crippen LogP) is 3.36. The van der Waals surface area contributed by atoms with Crippen LogP contribution in [0.15, 0.2) is 48.0 Å². The third-order valence-corrected chi connectivity index (χ3v) is 3.84. The smallest absolute Gasteiger partial charge is 0.0610 e. The van der Waals surface area contributed by atoms with Gasteiger partial charge in [-0.3, -0.25) is 0 Å². The van der Waals surface area contributed by atoms with Crippen molar-refractivity contribution in [1.29, 1.82) is 0 Å². The minimum Gasteiger partial charge on any atom is -0.395 e. The molecule has 2 aromatic heterocycles. The van der Waals surface area contributed by atoms with Crippen LogP contribution in [0.25, 0.3) is 21.3 Å². The van der Waals surface area contributed by atoms with Crippen LogP contribution in [0.5, 0.6) is 0 Å². The number of hydrogen-bond acceptors (Lipinski definition) is 2. The minimum absolute atomic E-state index is 0.177. The summed E-state index contributed by atoms with van der Waals surface area (Å²) in [6.07, 6.45) is 2.03. The lowest BCUT2D eigenvalue weighted by Gasteiger charge is -2.03. The zero-order chi connectivity index (χ0) is 11.7. The lowest BCUT2D eigenvalue weighted by molar-refractivity contribution is 0.278. The fourth-order valence-electron chi connectivity index (χ4n) is 2.10. The van der Waals surface area contributed by atoms with Crippen molar-refractivity contribution in [2.24, 2.45) is 0 Å². The van der Waals surface area contributed by atoms with Crippen LogP contribution in [0.4, 0.5) is 0 Å². The average Bonchev–Trinajstić information content (AvgIpc) is 2.98. The first-order valence-electron chi connectivity index (χ1n) is 5.62. The third kappa shape index (κ3) is 1.88. The number of aliphatic hydroxyl groups excluding tert-OH is 1. The highest BCUT2D eigenvalue weighted by atomic mass is 32.1. The number of aromatic nitrogens is 1. The quantitative estimate of drug-likeness (QED) is 0.749. The van der Waals surface area contributed by atoms with E-state index in [0.717, 1.165) is 0 Å². The second kappa shape index (κ2) is 4.35. The number of fused-ring (bicyclic) bond motifs is 1. The summed E-state index contributed by atoms with van der Waals surface area (Å²) in [5.74, 6) is 0. The number of hydrogen-bond donors (Lipinski definition) is 1. The van der Waals surface area contributed by atoms with Gasteiger partial charge in [0.15, 0.2) is 0 Å². The van der Waals surface area contributed by atoms with Crippen LogP contribution in [0.3, 0.4) is 0 Å². The first-order chi connectivity index (χ1) is 8.38. The lowest BCUT2D eigenvalue weighted by Crippen LogP contribution is -1.99. The molecule has 17 heavy (non-hydrogen) atoms. The fraction of sp³-hybridized carbons (Fsp3) is 0.143. The Kier molecular flexibility index (Phi) is 2.71. The molecule has 0 atom stereocenters. The van der Waals surface area contributed by atoms with Crippen LogP contribution in [0.2, 0.25) is 0 Å². The molecule has 0 saturated carbocycles. The average molecular weight is 243 g/mol. The van der Waals surface area contributed by atoms with Gasteiger partial charge in [-0.1, -0.05) is 12.1 Å². The van der Waals surface area contributed by atoms with E-state index in [1.165, 1.54) is 21.3 Å². The van der Waals surface area contributed by atoms with Crippen molar-refractivity contribution in [1.82, 2.24) is 4.57 Å². The molecule has 0 saturated heterocycles. The topological polar surface area (TPSA) is 25.2 Å². The van der Waals surface area contributed by atoms with Gasteiger partial charge in [-0.05, 0) is 35.2 Å². The summed E-state index contributed by atoms with van der Waals surface area (Å²) in [5.41, 5.74) is 2.44. The van der Waals surface area contributed by atoms with E-state index in [1.54, 1.807) is 11.3 Å². The van der Waals surface area contributed by atoms with Gasteiger partial charge >= 0.3 is 0 Å². The molecule has 0 aliphatic rings. The Balaban J connectivity index is 2.09. The zero-order valence-electron chi connectivity index (χ0n) is 9.34. The normalized spacial score (nSPS) is 11.1. The first kappa shape index (κ1) is 10.6. The van der Waals surface area contributed by atoms with Crippen LogP contribution in [0, 0.1) is 0 Å². The fourth-order valence-corrected chi connectivity index (χ4v) is 2.82. The second-order valence-electron chi connectivity index (χ2n) is 3.98. The molecular weight excluding hydrogens is 230 g/mol. The van der Waals surface area contributed by atoms with Crippen molar-refractivity contribution in [3.8, 4) is 10.4 Å². The molecule has 3 aromatic rings. The Hall–Kier alpha value is -1.58. The second-order valence-corrected chi connectivity index (χ2v) is 4.93. The van der Waals surface area contributed by atoms with E-state index in [-0.39, 0.29) is 6.61 Å². The Morgan fingerprint density at radius 1 is 1.18 bits per heavy atom. The molecular formula is C14H13NOS. The van der Waals surface area contributed by atoms with Gasteiger partial charge in [-0.25, -0.2) is 0 Å². The van der Waals surface area contributed by atoms with Crippen molar-refractivity contribution < 1.29 is 5.11 Å². The van der Waals surface area contributed by atoms with Crippen molar-refractivity contribution in [2.45, 2.75) is 6.54 Å². The van der Waals surface area contributed by atoms with Crippen molar-refractivity contribution in [3.05, 3.63) is 48.0 Å². The minimum atomic E-state index is 0.177. The molecule has 0 amide bonds. The molecule has 3 rings (SSSR count). The molecule has 0 fully saturated rings. The maximum absolute atomic E-state index is 8.98. The largest absolute Gasteiger partial charge is 0.395 e. The van der Waals surface area contributed by atoms with Crippen LogP contribution >= 0.6 is 11.3 Å². The van der Waals surface area contributed by atoms with E-state index in [0.29, 0.717) is 6.54 Å². The summed E-state index contributed by atoms with van der Waals surface area (Å²) in [5, 5.41) is 12.3. The summed E-state index contributed by atoms with van der Waals surface area (Å²) in [6.45, 7) is 0.832. The molecule has 0 radical (unpaired) electrons. The molecule has 2 nitrogen and oxygen atoms in total. The Morgan fingerprint density at radius 3 is 2.88 bits per heavy atom. The SMILES string of the molecule is OCCn1ccc2cc(-c3cccs3)ccc21. The van der Waals surface area contributed by atoms with Crippen LogP contribution in [0.1, 0.15) is 0 Å². The van der Waals surface area contributed by atoms with Gasteiger partial charge in [0.2, 0.25) is 0 Å². The Morgan fingerprint density at radius 2 is 2.12 bits per heavy atom. The van der Waals surface area contributed by atoms with Crippen molar-refractivity contribution >= 4 is 22.2 Å². The molecule has 0 spiro atoms. The molecule has 0 bridgehead atoms. The number of rotatable bonds is 3. The van der Waals surface area contributed by atoms with E-state index < -0.39 is 0 Å². The van der Waals surface area contributed by atoms with E-state index in [4.69, 9.17) is 5.11 Å². The summed E-state index contributed by atoms with van der Waals surface area (Å²) < 4.78 is 2.08. The molecule has 3 heteroatoms. The van der Waals surface area contributed by atoms with Gasteiger partial charge < -0.3 is 9.67 Å². The molecule has 2 heterocycles. The third-order valence-electron chi connectivity index (χ3n) is 2.92. The Labute approximate surface area is 104 Å². The maximum atomic E-state index is 8.98. The summed E-state index contributed by atoms with van der Waals surface area (Å²) in [7, 11) is 0. The Bertz CT molecular complexity index is 625. The van der Waals surface area contributed by atoms with Gasteiger partial charge in [0, 0.05) is 28.5 Å². The van der Waals surface area contributed by atoms with E-state index in [9.17, 15) is 0 Å². The van der Waals surface area contributed by atoms with Crippen LogP contribution < -0.4 is 0 Å². The number of benzene rings is 1. The molecule has 0 aliphatic heterocycles. The van der Waals surface area contributed by atoms with Gasteiger partial charge in [0.05, 0.1) is 6.61 Å². The maximum Gasteiger partial charge on any atom is 0.0610 e. The summed E-state index contributed by atoms with van der Waals surface area (Å²) >= 11 is 1.75. The molecule has 1 aromatic carbocycles. The van der Waals surface area contributed by atoms with E-state index >= 15 is 0 Å². The molecule has 0 aliphatic carbocycles.